The minimum atomic E-state index is -0.0806. The molecular formula is C36H38N2O6. The number of methoxy groups -OCH3 is 3. The third-order valence-electron chi connectivity index (χ3n) is 9.21. The maximum absolute atomic E-state index is 11.6. The summed E-state index contributed by atoms with van der Waals surface area (Å²) in [7, 11) is 7.00. The maximum Gasteiger partial charge on any atom is 0.201 e. The molecule has 2 atom stereocenters. The topological polar surface area (TPSA) is 81.7 Å². The minimum absolute atomic E-state index is 0.0197. The van der Waals surface area contributed by atoms with E-state index in [-0.39, 0.29) is 17.8 Å². The van der Waals surface area contributed by atoms with Crippen LogP contribution in [0.25, 0.3) is 0 Å². The van der Waals surface area contributed by atoms with Crippen molar-refractivity contribution in [2.45, 2.75) is 37.8 Å². The number of phenolic OH excluding ortho intramolecular Hbond substituents is 1. The predicted octanol–water partition coefficient (Wildman–Crippen LogP) is 6.52. The maximum atomic E-state index is 11.6. The van der Waals surface area contributed by atoms with Gasteiger partial charge in [-0.1, -0.05) is 18.2 Å². The van der Waals surface area contributed by atoms with Gasteiger partial charge in [0.2, 0.25) is 5.75 Å². The highest BCUT2D eigenvalue weighted by molar-refractivity contribution is 5.63. The second-order valence-electron chi connectivity index (χ2n) is 11.8. The highest BCUT2D eigenvalue weighted by Gasteiger charge is 2.34. The van der Waals surface area contributed by atoms with Crippen molar-refractivity contribution in [2.75, 3.05) is 41.5 Å². The fourth-order valence-corrected chi connectivity index (χ4v) is 6.84. The highest BCUT2D eigenvalue weighted by atomic mass is 16.5. The molecule has 8 nitrogen and oxygen atoms in total. The Labute approximate surface area is 258 Å². The van der Waals surface area contributed by atoms with E-state index in [0.29, 0.717) is 40.9 Å². The van der Waals surface area contributed by atoms with E-state index in [0.717, 1.165) is 60.4 Å². The van der Waals surface area contributed by atoms with Crippen molar-refractivity contribution in [3.63, 3.8) is 0 Å². The third-order valence-corrected chi connectivity index (χ3v) is 9.21. The summed E-state index contributed by atoms with van der Waals surface area (Å²) in [4.78, 5) is 2.31. The number of nitrogens with one attached hydrogen (secondary N) is 1. The highest BCUT2D eigenvalue weighted by Crippen LogP contribution is 2.51. The summed E-state index contributed by atoms with van der Waals surface area (Å²) in [6.07, 6.45) is 3.15. The molecule has 4 aliphatic heterocycles. The summed E-state index contributed by atoms with van der Waals surface area (Å²) < 4.78 is 30.3. The SMILES string of the molecule is COc1ccc2cc1Oc1ccc(cc1)C[C@@H]1NCCc3cc(OC)c(cc31)Oc1c(O)c(OC)cc3c1[C@@H](C2)N(C)CC3. The molecular weight excluding hydrogens is 556 g/mol. The first-order chi connectivity index (χ1) is 21.4. The van der Waals surface area contributed by atoms with E-state index in [1.165, 1.54) is 11.1 Å². The normalized spacial score (nSPS) is 19.1. The van der Waals surface area contributed by atoms with Crippen molar-refractivity contribution in [1.29, 1.82) is 0 Å². The first-order valence-electron chi connectivity index (χ1n) is 15.1. The number of nitrogens with zero attached hydrogens (tertiary/aromatic N) is 1. The van der Waals surface area contributed by atoms with Gasteiger partial charge in [-0.15, -0.1) is 0 Å². The lowest BCUT2D eigenvalue weighted by Gasteiger charge is -2.36. The van der Waals surface area contributed by atoms with E-state index in [2.05, 4.69) is 47.6 Å². The molecule has 6 bridgehead atoms. The summed E-state index contributed by atoms with van der Waals surface area (Å²) in [5.41, 5.74) is 6.69. The number of phenols is 1. The number of hydrogen-bond acceptors (Lipinski definition) is 8. The van der Waals surface area contributed by atoms with Gasteiger partial charge in [0.05, 0.1) is 21.3 Å². The van der Waals surface area contributed by atoms with Crippen molar-refractivity contribution in [3.05, 3.63) is 94.0 Å². The van der Waals surface area contributed by atoms with Crippen molar-refractivity contribution in [1.82, 2.24) is 10.2 Å². The Morgan fingerprint density at radius 2 is 1.50 bits per heavy atom. The molecule has 4 aromatic carbocycles. The van der Waals surface area contributed by atoms with Gasteiger partial charge in [0.1, 0.15) is 5.75 Å². The Morgan fingerprint density at radius 1 is 0.773 bits per heavy atom. The van der Waals surface area contributed by atoms with Gasteiger partial charge in [-0.3, -0.25) is 4.90 Å². The van der Waals surface area contributed by atoms with Gasteiger partial charge in [0, 0.05) is 24.2 Å². The first kappa shape index (κ1) is 28.4. The molecule has 2 N–H and O–H groups in total. The first-order valence-corrected chi connectivity index (χ1v) is 15.1. The van der Waals surface area contributed by atoms with Crippen LogP contribution in [0.2, 0.25) is 0 Å². The van der Waals surface area contributed by atoms with Gasteiger partial charge in [-0.2, -0.15) is 0 Å². The van der Waals surface area contributed by atoms with E-state index >= 15 is 0 Å². The lowest BCUT2D eigenvalue weighted by atomic mass is 9.87. The van der Waals surface area contributed by atoms with E-state index in [1.54, 1.807) is 21.3 Å². The second-order valence-corrected chi connectivity index (χ2v) is 11.8. The molecule has 0 saturated heterocycles. The number of rotatable bonds is 3. The predicted molar refractivity (Wildman–Crippen MR) is 168 cm³/mol. The molecule has 4 aromatic rings. The summed E-state index contributed by atoms with van der Waals surface area (Å²) in [6.45, 7) is 1.73. The zero-order chi connectivity index (χ0) is 30.4. The molecule has 0 spiro atoms. The van der Waals surface area contributed by atoms with Gasteiger partial charge >= 0.3 is 0 Å². The molecule has 0 saturated carbocycles. The van der Waals surface area contributed by atoms with Crippen LogP contribution >= 0.6 is 0 Å². The summed E-state index contributed by atoms with van der Waals surface area (Å²) in [5, 5.41) is 15.3. The Balaban J connectivity index is 1.44. The van der Waals surface area contributed by atoms with Crippen LogP contribution in [0.15, 0.2) is 60.7 Å². The van der Waals surface area contributed by atoms with Crippen molar-refractivity contribution < 1.29 is 28.8 Å². The van der Waals surface area contributed by atoms with Crippen LogP contribution in [-0.4, -0.2) is 51.5 Å². The van der Waals surface area contributed by atoms with Crippen LogP contribution in [-0.2, 0) is 25.7 Å². The number of aromatic hydroxyl groups is 1. The average molecular weight is 595 g/mol. The van der Waals surface area contributed by atoms with Gasteiger partial charge in [-0.25, -0.2) is 0 Å². The molecule has 0 fully saturated rings. The molecule has 8 heteroatoms. The van der Waals surface area contributed by atoms with Crippen LogP contribution in [0.4, 0.5) is 0 Å². The van der Waals surface area contributed by atoms with Crippen LogP contribution in [0, 0.1) is 0 Å². The molecule has 0 aliphatic carbocycles. The van der Waals surface area contributed by atoms with Gasteiger partial charge in [-0.05, 0) is 110 Å². The van der Waals surface area contributed by atoms with Crippen LogP contribution < -0.4 is 29.0 Å². The number of fused-ring (bicyclic) bond motifs is 2. The lowest BCUT2D eigenvalue weighted by molar-refractivity contribution is 0.221. The summed E-state index contributed by atoms with van der Waals surface area (Å²) in [5.74, 6) is 4.05. The Hall–Kier alpha value is -4.40. The zero-order valence-electron chi connectivity index (χ0n) is 25.6. The largest absolute Gasteiger partial charge is 0.502 e. The van der Waals surface area contributed by atoms with E-state index in [1.807, 2.05) is 30.3 Å². The Kier molecular flexibility index (Phi) is 7.48. The smallest absolute Gasteiger partial charge is 0.201 e. The number of ether oxygens (including phenoxy) is 5. The van der Waals surface area contributed by atoms with Crippen LogP contribution in [0.5, 0.6) is 46.0 Å². The third kappa shape index (κ3) is 5.08. The number of benzene rings is 4. The van der Waals surface area contributed by atoms with Gasteiger partial charge < -0.3 is 34.1 Å². The molecule has 0 amide bonds. The number of likely N-dealkylation sites (N-methyl/N-ethyl adjacent to an activating group) is 1. The fraction of sp³-hybridized carbons (Fsp3) is 0.333. The summed E-state index contributed by atoms with van der Waals surface area (Å²) in [6, 6.07) is 20.4. The van der Waals surface area contributed by atoms with E-state index < -0.39 is 0 Å². The molecule has 0 aromatic heterocycles. The Morgan fingerprint density at radius 3 is 2.27 bits per heavy atom. The molecule has 4 aliphatic rings. The minimum Gasteiger partial charge on any atom is -0.502 e. The average Bonchev–Trinajstić information content (AvgIpc) is 3.04. The van der Waals surface area contributed by atoms with Crippen molar-refractivity contribution in [2.24, 2.45) is 0 Å². The standard InChI is InChI=1S/C36H38N2O6/c1-38-14-12-24-19-33(42-4)35(39)36-34(24)28(38)16-22-7-10-29(40-2)31(17-22)43-25-8-5-21(6-9-25)15-27-26-20-32(44-36)30(41-3)18-23(26)11-13-37-27/h5-10,17-20,27-28,37,39H,11-16H2,1-4H3/t27-,28+/m0/s1. The molecule has 0 unspecified atom stereocenters. The van der Waals surface area contributed by atoms with E-state index in [9.17, 15) is 5.11 Å². The fourth-order valence-electron chi connectivity index (χ4n) is 6.84. The van der Waals surface area contributed by atoms with Crippen LogP contribution in [0.1, 0.15) is 45.5 Å². The molecule has 228 valence electrons. The van der Waals surface area contributed by atoms with Crippen molar-refractivity contribution >= 4 is 0 Å². The van der Waals surface area contributed by atoms with Gasteiger partial charge in [0.15, 0.2) is 34.5 Å². The molecule has 4 heterocycles. The number of hydrogen-bond donors (Lipinski definition) is 2. The summed E-state index contributed by atoms with van der Waals surface area (Å²) >= 11 is 0. The van der Waals surface area contributed by atoms with Crippen molar-refractivity contribution in [3.8, 4) is 46.0 Å². The quantitative estimate of drug-likeness (QED) is 0.278. The zero-order valence-corrected chi connectivity index (χ0v) is 25.6. The van der Waals surface area contributed by atoms with E-state index in [4.69, 9.17) is 23.7 Å². The lowest BCUT2D eigenvalue weighted by Crippen LogP contribution is -2.34. The molecule has 8 rings (SSSR count). The Bertz CT molecular complexity index is 1700. The molecule has 44 heavy (non-hydrogen) atoms. The molecule has 0 radical (unpaired) electrons. The van der Waals surface area contributed by atoms with Gasteiger partial charge in [0.25, 0.3) is 0 Å². The monoisotopic (exact) mass is 594 g/mol. The van der Waals surface area contributed by atoms with Crippen LogP contribution in [0.3, 0.4) is 0 Å². The second kappa shape index (κ2) is 11.6.